The van der Waals surface area contributed by atoms with Crippen molar-refractivity contribution in [2.45, 2.75) is 51.9 Å². The molecule has 1 aromatic rings. The zero-order chi connectivity index (χ0) is 17.8. The molecule has 1 N–H and O–H groups in total. The molecule has 138 valence electrons. The number of nitrogens with zero attached hydrogens (tertiary/aromatic N) is 3. The Labute approximate surface area is 149 Å². The Morgan fingerprint density at radius 1 is 1.28 bits per heavy atom. The maximum atomic E-state index is 12.8. The van der Waals surface area contributed by atoms with Crippen molar-refractivity contribution in [3.05, 3.63) is 27.9 Å². The molecule has 25 heavy (non-hydrogen) atoms. The molecule has 0 saturated carbocycles. The molecule has 3 rings (SSSR count). The van der Waals surface area contributed by atoms with Crippen LogP contribution >= 0.6 is 0 Å². The van der Waals surface area contributed by atoms with Crippen molar-refractivity contribution in [3.63, 3.8) is 0 Å². The van der Waals surface area contributed by atoms with Crippen LogP contribution in [-0.2, 0) is 4.79 Å². The van der Waals surface area contributed by atoms with E-state index in [1.54, 1.807) is 13.0 Å². The lowest BCUT2D eigenvalue weighted by Gasteiger charge is -2.35. The number of hydrogen-bond acceptors (Lipinski definition) is 4. The number of amides is 1. The number of likely N-dealkylation sites (tertiary alicyclic amines) is 2. The Bertz CT molecular complexity index is 649. The van der Waals surface area contributed by atoms with Crippen molar-refractivity contribution < 1.29 is 4.79 Å². The molecule has 0 aliphatic carbocycles. The smallest absolute Gasteiger partial charge is 0.251 e. The molecule has 0 aromatic carbocycles. The van der Waals surface area contributed by atoms with Gasteiger partial charge in [-0.1, -0.05) is 6.92 Å². The summed E-state index contributed by atoms with van der Waals surface area (Å²) in [4.78, 5) is 36.1. The molecular formula is C19H30N4O2. The summed E-state index contributed by atoms with van der Waals surface area (Å²) in [5.41, 5.74) is 0.726. The maximum Gasteiger partial charge on any atom is 0.251 e. The number of aromatic amines is 1. The number of nitrogens with one attached hydrogen (secondary N) is 1. The fourth-order valence-electron chi connectivity index (χ4n) is 4.14. The molecule has 1 amide bonds. The highest BCUT2D eigenvalue weighted by Gasteiger charge is 2.28. The van der Waals surface area contributed by atoms with Gasteiger partial charge in [-0.25, -0.2) is 4.98 Å². The highest BCUT2D eigenvalue weighted by atomic mass is 16.2. The van der Waals surface area contributed by atoms with Gasteiger partial charge in [-0.2, -0.15) is 0 Å². The third-order valence-electron chi connectivity index (χ3n) is 5.69. The van der Waals surface area contributed by atoms with Gasteiger partial charge >= 0.3 is 0 Å². The molecule has 2 saturated heterocycles. The van der Waals surface area contributed by atoms with Gasteiger partial charge < -0.3 is 14.8 Å². The van der Waals surface area contributed by atoms with Crippen LogP contribution in [-0.4, -0.2) is 58.4 Å². The highest BCUT2D eigenvalue weighted by molar-refractivity contribution is 5.76. The maximum absolute atomic E-state index is 12.8. The molecule has 1 aromatic heterocycles. The summed E-state index contributed by atoms with van der Waals surface area (Å²) in [7, 11) is 0. The molecule has 0 unspecified atom stereocenters. The molecule has 3 heterocycles. The van der Waals surface area contributed by atoms with Crippen LogP contribution in [0.4, 0.5) is 0 Å². The molecule has 0 spiro atoms. The van der Waals surface area contributed by atoms with Crippen molar-refractivity contribution >= 4 is 5.91 Å². The predicted octanol–water partition coefficient (Wildman–Crippen LogP) is 1.91. The number of hydrogen-bond donors (Lipinski definition) is 1. The first-order valence-electron chi connectivity index (χ1n) is 9.63. The molecule has 2 aliphatic rings. The average Bonchev–Trinajstić information content (AvgIpc) is 2.61. The number of carbonyl (C=O) groups excluding carboxylic acids is 1. The number of carbonyl (C=O) groups is 1. The van der Waals surface area contributed by atoms with E-state index in [-0.39, 0.29) is 17.4 Å². The summed E-state index contributed by atoms with van der Waals surface area (Å²) in [5.74, 6) is 1.63. The average molecular weight is 346 g/mol. The largest absolute Gasteiger partial charge is 0.342 e. The zero-order valence-electron chi connectivity index (χ0n) is 15.5. The van der Waals surface area contributed by atoms with Gasteiger partial charge in [-0.05, 0) is 58.2 Å². The third kappa shape index (κ3) is 4.69. The summed E-state index contributed by atoms with van der Waals surface area (Å²) >= 11 is 0. The summed E-state index contributed by atoms with van der Waals surface area (Å²) in [6, 6.07) is 1.59. The molecule has 2 aliphatic heterocycles. The van der Waals surface area contributed by atoms with Gasteiger partial charge in [0.1, 0.15) is 5.82 Å². The Morgan fingerprint density at radius 2 is 2.04 bits per heavy atom. The number of aryl methyl sites for hydroxylation is 1. The monoisotopic (exact) mass is 346 g/mol. The van der Waals surface area contributed by atoms with E-state index in [1.165, 1.54) is 0 Å². The van der Waals surface area contributed by atoms with Crippen LogP contribution in [0.25, 0.3) is 0 Å². The van der Waals surface area contributed by atoms with E-state index in [9.17, 15) is 9.59 Å². The zero-order valence-corrected chi connectivity index (χ0v) is 15.5. The first-order valence-corrected chi connectivity index (χ1v) is 9.63. The molecule has 1 atom stereocenters. The van der Waals surface area contributed by atoms with Crippen LogP contribution in [0.15, 0.2) is 10.9 Å². The Balaban J connectivity index is 1.57. The van der Waals surface area contributed by atoms with Gasteiger partial charge in [0.25, 0.3) is 5.56 Å². The fraction of sp³-hybridized carbons (Fsp3) is 0.737. The van der Waals surface area contributed by atoms with E-state index in [4.69, 9.17) is 0 Å². The van der Waals surface area contributed by atoms with Crippen molar-refractivity contribution in [1.82, 2.24) is 19.8 Å². The van der Waals surface area contributed by atoms with E-state index >= 15 is 0 Å². The molecule has 0 radical (unpaired) electrons. The van der Waals surface area contributed by atoms with Gasteiger partial charge in [0.15, 0.2) is 0 Å². The molecule has 2 fully saturated rings. The van der Waals surface area contributed by atoms with Gasteiger partial charge in [0.2, 0.25) is 5.91 Å². The van der Waals surface area contributed by atoms with Crippen LogP contribution in [0, 0.1) is 12.8 Å². The van der Waals surface area contributed by atoms with Crippen LogP contribution in [0.2, 0.25) is 0 Å². The van der Waals surface area contributed by atoms with E-state index in [0.29, 0.717) is 24.7 Å². The first-order chi connectivity index (χ1) is 12.0. The third-order valence-corrected chi connectivity index (χ3v) is 5.69. The van der Waals surface area contributed by atoms with Gasteiger partial charge in [-0.15, -0.1) is 0 Å². The minimum atomic E-state index is -0.103. The van der Waals surface area contributed by atoms with Crippen molar-refractivity contribution in [2.75, 3.05) is 32.7 Å². The summed E-state index contributed by atoms with van der Waals surface area (Å²) in [6.45, 7) is 8.88. The highest BCUT2D eigenvalue weighted by Crippen LogP contribution is 2.27. The van der Waals surface area contributed by atoms with E-state index in [0.717, 1.165) is 57.6 Å². The second kappa shape index (κ2) is 8.13. The van der Waals surface area contributed by atoms with Gasteiger partial charge in [0, 0.05) is 31.5 Å². The van der Waals surface area contributed by atoms with Gasteiger partial charge in [-0.3, -0.25) is 9.59 Å². The summed E-state index contributed by atoms with van der Waals surface area (Å²) in [5, 5.41) is 0. The van der Waals surface area contributed by atoms with Crippen molar-refractivity contribution in [1.29, 1.82) is 0 Å². The molecular weight excluding hydrogens is 316 g/mol. The molecule has 6 heteroatoms. The van der Waals surface area contributed by atoms with Gasteiger partial charge in [0.05, 0.1) is 5.69 Å². The standard InChI is InChI=1S/C19H30N4O2/c1-3-22-9-6-15(7-10-22)11-19(25)23-8-4-5-16(13-23)17-12-18(24)21-14(2)20-17/h12,15-16H,3-11,13H2,1-2H3,(H,20,21,24)/t16-/m0/s1. The number of rotatable bonds is 4. The molecule has 6 nitrogen and oxygen atoms in total. The quantitative estimate of drug-likeness (QED) is 0.904. The van der Waals surface area contributed by atoms with Crippen LogP contribution in [0.1, 0.15) is 56.5 Å². The second-order valence-electron chi connectivity index (χ2n) is 7.52. The van der Waals surface area contributed by atoms with Crippen molar-refractivity contribution in [2.24, 2.45) is 5.92 Å². The SMILES string of the molecule is CCN1CCC(CC(=O)N2CCC[C@H](c3cc(=O)[nH]c(C)n3)C2)CC1. The summed E-state index contributed by atoms with van der Waals surface area (Å²) < 4.78 is 0. The van der Waals surface area contributed by atoms with E-state index in [2.05, 4.69) is 21.8 Å². The molecule has 0 bridgehead atoms. The number of piperidine rings is 2. The lowest BCUT2D eigenvalue weighted by atomic mass is 9.91. The number of aromatic nitrogens is 2. The lowest BCUT2D eigenvalue weighted by molar-refractivity contribution is -0.133. The van der Waals surface area contributed by atoms with E-state index < -0.39 is 0 Å². The second-order valence-corrected chi connectivity index (χ2v) is 7.52. The Morgan fingerprint density at radius 3 is 2.72 bits per heavy atom. The minimum absolute atomic E-state index is 0.103. The normalized spacial score (nSPS) is 23.0. The van der Waals surface area contributed by atoms with Crippen molar-refractivity contribution in [3.8, 4) is 0 Å². The topological polar surface area (TPSA) is 69.3 Å². The Hall–Kier alpha value is -1.69. The number of H-pyrrole nitrogens is 1. The van der Waals surface area contributed by atoms with Crippen LogP contribution in [0.3, 0.4) is 0 Å². The van der Waals surface area contributed by atoms with Crippen LogP contribution in [0.5, 0.6) is 0 Å². The summed E-state index contributed by atoms with van der Waals surface area (Å²) in [6.07, 6.45) is 4.91. The van der Waals surface area contributed by atoms with E-state index in [1.807, 2.05) is 4.90 Å². The minimum Gasteiger partial charge on any atom is -0.342 e. The lowest BCUT2D eigenvalue weighted by Crippen LogP contribution is -2.41. The predicted molar refractivity (Wildman–Crippen MR) is 97.6 cm³/mol. The fourth-order valence-corrected chi connectivity index (χ4v) is 4.14. The van der Waals surface area contributed by atoms with Crippen LogP contribution < -0.4 is 5.56 Å². The first kappa shape index (κ1) is 18.1. The Kier molecular flexibility index (Phi) is 5.89.